The van der Waals surface area contributed by atoms with Crippen molar-refractivity contribution >= 4 is 28.1 Å². The van der Waals surface area contributed by atoms with Crippen LogP contribution in [0.15, 0.2) is 60.7 Å². The lowest BCUT2D eigenvalue weighted by atomic mass is 10.1. The Hall–Kier alpha value is -3.01. The quantitative estimate of drug-likeness (QED) is 0.552. The number of fused-ring (bicyclic) bond motifs is 1. The van der Waals surface area contributed by atoms with Gasteiger partial charge in [0.2, 0.25) is 0 Å². The summed E-state index contributed by atoms with van der Waals surface area (Å²) < 4.78 is 5.52. The van der Waals surface area contributed by atoms with Gasteiger partial charge in [0.25, 0.3) is 0 Å². The zero-order chi connectivity index (χ0) is 17.1. The third-order valence-electron chi connectivity index (χ3n) is 4.14. The van der Waals surface area contributed by atoms with Crippen LogP contribution in [0.25, 0.3) is 10.8 Å². The summed E-state index contributed by atoms with van der Waals surface area (Å²) in [5, 5.41) is 10.3. The number of benzene rings is 3. The third kappa shape index (κ3) is 2.78. The van der Waals surface area contributed by atoms with Crippen molar-refractivity contribution < 1.29 is 4.74 Å². The van der Waals surface area contributed by atoms with Gasteiger partial charge in [-0.2, -0.15) is 0 Å². The van der Waals surface area contributed by atoms with Gasteiger partial charge in [0.15, 0.2) is 5.96 Å². The number of guanidine groups is 1. The summed E-state index contributed by atoms with van der Waals surface area (Å²) in [6.45, 7) is 2.10. The minimum atomic E-state index is -0.0436. The van der Waals surface area contributed by atoms with Crippen LogP contribution in [0.1, 0.15) is 12.5 Å². The lowest BCUT2D eigenvalue weighted by Gasteiger charge is -2.26. The maximum absolute atomic E-state index is 8.15. The Morgan fingerprint density at radius 1 is 1.04 bits per heavy atom. The van der Waals surface area contributed by atoms with Crippen molar-refractivity contribution in [3.05, 3.63) is 66.2 Å². The summed E-state index contributed by atoms with van der Waals surface area (Å²) in [7, 11) is 1.63. The van der Waals surface area contributed by atoms with Gasteiger partial charge in [0, 0.05) is 5.39 Å². The average Bonchev–Trinajstić information content (AvgIpc) is 2.61. The summed E-state index contributed by atoms with van der Waals surface area (Å²) >= 11 is 0. The van der Waals surface area contributed by atoms with E-state index in [9.17, 15) is 0 Å². The molecule has 3 aromatic rings. The minimum absolute atomic E-state index is 0.0436. The number of nitrogens with one attached hydrogen (secondary N) is 1. The molecular formula is C20H21N3O. The molecule has 0 radical (unpaired) electrons. The smallest absolute Gasteiger partial charge is 0.197 e. The van der Waals surface area contributed by atoms with E-state index in [1.54, 1.807) is 12.0 Å². The van der Waals surface area contributed by atoms with Crippen LogP contribution in [0.5, 0.6) is 5.75 Å². The third-order valence-corrected chi connectivity index (χ3v) is 4.14. The van der Waals surface area contributed by atoms with Crippen LogP contribution in [0.3, 0.4) is 0 Å². The zero-order valence-corrected chi connectivity index (χ0v) is 13.9. The predicted octanol–water partition coefficient (Wildman–Crippen LogP) is 4.44. The first-order valence-electron chi connectivity index (χ1n) is 7.94. The second-order valence-corrected chi connectivity index (χ2v) is 5.58. The van der Waals surface area contributed by atoms with Crippen LogP contribution < -0.4 is 15.4 Å². The van der Waals surface area contributed by atoms with E-state index in [0.717, 1.165) is 34.1 Å². The monoisotopic (exact) mass is 319 g/mol. The number of anilines is 2. The maximum atomic E-state index is 8.15. The number of hydrogen-bond acceptors (Lipinski definition) is 2. The molecular weight excluding hydrogens is 298 g/mol. The molecule has 0 aliphatic rings. The predicted molar refractivity (Wildman–Crippen MR) is 100 cm³/mol. The van der Waals surface area contributed by atoms with Crippen LogP contribution in [0, 0.1) is 5.41 Å². The molecule has 0 saturated carbocycles. The Bertz CT molecular complexity index is 884. The van der Waals surface area contributed by atoms with E-state index in [1.807, 2.05) is 48.5 Å². The number of hydrogen-bond donors (Lipinski definition) is 2. The Labute approximate surface area is 142 Å². The standard InChI is InChI=1S/C20H21N3O/c1-3-14-11-12-19(24-2)18(13-14)23(20(21)22)17-10-6-8-15-7-4-5-9-16(15)17/h4-13H,3H2,1-2H3,(H3,21,22). The molecule has 0 aliphatic carbocycles. The molecule has 0 spiro atoms. The summed E-state index contributed by atoms with van der Waals surface area (Å²) in [5.41, 5.74) is 8.77. The van der Waals surface area contributed by atoms with Crippen molar-refractivity contribution in [3.8, 4) is 5.75 Å². The first-order valence-corrected chi connectivity index (χ1v) is 7.94. The van der Waals surface area contributed by atoms with Gasteiger partial charge in [-0.1, -0.05) is 49.4 Å². The fraction of sp³-hybridized carbons (Fsp3) is 0.150. The van der Waals surface area contributed by atoms with Gasteiger partial charge < -0.3 is 10.5 Å². The lowest BCUT2D eigenvalue weighted by molar-refractivity contribution is 0.416. The SMILES string of the molecule is CCc1ccc(OC)c(N(C(=N)N)c2cccc3ccccc23)c1. The van der Waals surface area contributed by atoms with Crippen LogP contribution in [-0.4, -0.2) is 13.1 Å². The fourth-order valence-corrected chi connectivity index (χ4v) is 2.92. The number of nitrogens with two attached hydrogens (primary N) is 1. The zero-order valence-electron chi connectivity index (χ0n) is 13.9. The minimum Gasteiger partial charge on any atom is -0.495 e. The van der Waals surface area contributed by atoms with Gasteiger partial charge in [0.05, 0.1) is 18.5 Å². The second kappa shape index (κ2) is 6.62. The Morgan fingerprint density at radius 2 is 1.79 bits per heavy atom. The topological polar surface area (TPSA) is 62.3 Å². The summed E-state index contributed by atoms with van der Waals surface area (Å²) in [6, 6.07) is 20.1. The summed E-state index contributed by atoms with van der Waals surface area (Å²) in [5.74, 6) is 0.647. The van der Waals surface area contributed by atoms with Crippen LogP contribution in [0.2, 0.25) is 0 Å². The molecule has 0 heterocycles. The van der Waals surface area contributed by atoms with E-state index in [-0.39, 0.29) is 5.96 Å². The van der Waals surface area contributed by atoms with Crippen molar-refractivity contribution in [1.29, 1.82) is 5.41 Å². The summed E-state index contributed by atoms with van der Waals surface area (Å²) in [6.07, 6.45) is 0.901. The maximum Gasteiger partial charge on any atom is 0.197 e. The molecule has 3 rings (SSSR count). The first-order chi connectivity index (χ1) is 11.7. The number of aryl methyl sites for hydroxylation is 1. The van der Waals surface area contributed by atoms with Gasteiger partial charge in [-0.25, -0.2) is 0 Å². The molecule has 122 valence electrons. The molecule has 0 saturated heterocycles. The van der Waals surface area contributed by atoms with E-state index in [4.69, 9.17) is 15.9 Å². The molecule has 0 unspecified atom stereocenters. The molecule has 24 heavy (non-hydrogen) atoms. The highest BCUT2D eigenvalue weighted by Crippen LogP contribution is 2.37. The highest BCUT2D eigenvalue weighted by Gasteiger charge is 2.19. The van der Waals surface area contributed by atoms with Crippen molar-refractivity contribution in [3.63, 3.8) is 0 Å². The van der Waals surface area contributed by atoms with E-state index in [0.29, 0.717) is 5.75 Å². The average molecular weight is 319 g/mol. The molecule has 0 bridgehead atoms. The van der Waals surface area contributed by atoms with Crippen molar-refractivity contribution in [1.82, 2.24) is 0 Å². The van der Waals surface area contributed by atoms with E-state index in [2.05, 4.69) is 19.1 Å². The normalized spacial score (nSPS) is 10.6. The number of nitrogens with zero attached hydrogens (tertiary/aromatic N) is 1. The van der Waals surface area contributed by atoms with Crippen LogP contribution in [0.4, 0.5) is 11.4 Å². The Kier molecular flexibility index (Phi) is 4.38. The molecule has 4 nitrogen and oxygen atoms in total. The molecule has 0 atom stereocenters. The number of ether oxygens (including phenoxy) is 1. The van der Waals surface area contributed by atoms with E-state index >= 15 is 0 Å². The molecule has 4 heteroatoms. The van der Waals surface area contributed by atoms with Crippen molar-refractivity contribution in [2.45, 2.75) is 13.3 Å². The Morgan fingerprint density at radius 3 is 2.50 bits per heavy atom. The van der Waals surface area contributed by atoms with Crippen LogP contribution >= 0.6 is 0 Å². The van der Waals surface area contributed by atoms with E-state index < -0.39 is 0 Å². The fourth-order valence-electron chi connectivity index (χ4n) is 2.92. The van der Waals surface area contributed by atoms with Gasteiger partial charge in [-0.3, -0.25) is 10.3 Å². The molecule has 3 aromatic carbocycles. The number of methoxy groups -OCH3 is 1. The van der Waals surface area contributed by atoms with Gasteiger partial charge >= 0.3 is 0 Å². The molecule has 3 N–H and O–H groups in total. The summed E-state index contributed by atoms with van der Waals surface area (Å²) in [4.78, 5) is 1.74. The van der Waals surface area contributed by atoms with E-state index in [1.165, 1.54) is 0 Å². The first kappa shape index (κ1) is 15.9. The van der Waals surface area contributed by atoms with Crippen LogP contribution in [-0.2, 0) is 6.42 Å². The molecule has 0 aliphatic heterocycles. The largest absolute Gasteiger partial charge is 0.495 e. The van der Waals surface area contributed by atoms with Gasteiger partial charge in [-0.15, -0.1) is 0 Å². The van der Waals surface area contributed by atoms with Crippen molar-refractivity contribution in [2.75, 3.05) is 12.0 Å². The molecule has 0 aromatic heterocycles. The molecule has 0 fully saturated rings. The number of rotatable bonds is 4. The molecule has 0 amide bonds. The van der Waals surface area contributed by atoms with Gasteiger partial charge in [-0.05, 0) is 35.6 Å². The second-order valence-electron chi connectivity index (χ2n) is 5.58. The Balaban J connectivity index is 2.26. The lowest BCUT2D eigenvalue weighted by Crippen LogP contribution is -2.32. The van der Waals surface area contributed by atoms with Gasteiger partial charge in [0.1, 0.15) is 5.75 Å². The highest BCUT2D eigenvalue weighted by atomic mass is 16.5. The highest BCUT2D eigenvalue weighted by molar-refractivity contribution is 6.08. The van der Waals surface area contributed by atoms with Crippen molar-refractivity contribution in [2.24, 2.45) is 5.73 Å².